The average molecular weight is 304 g/mol. The molecule has 0 radical (unpaired) electrons. The Kier molecular flexibility index (Phi) is 4.72. The molecule has 0 heterocycles. The SMILES string of the molecule is O=CCCc1cc(C2=CCCC=C2)ccc1-c1cccc(O)c1. The Morgan fingerprint density at radius 1 is 1.04 bits per heavy atom. The zero-order valence-electron chi connectivity index (χ0n) is 13.0. The Bertz CT molecular complexity index is 769. The van der Waals surface area contributed by atoms with Crippen molar-refractivity contribution in [2.75, 3.05) is 0 Å². The molecule has 3 rings (SSSR count). The zero-order chi connectivity index (χ0) is 16.1. The van der Waals surface area contributed by atoms with E-state index in [0.717, 1.165) is 35.8 Å². The van der Waals surface area contributed by atoms with E-state index in [2.05, 4.69) is 36.4 Å². The highest BCUT2D eigenvalue weighted by Gasteiger charge is 2.09. The maximum absolute atomic E-state index is 10.8. The van der Waals surface area contributed by atoms with Gasteiger partial charge in [0.1, 0.15) is 12.0 Å². The van der Waals surface area contributed by atoms with Crippen LogP contribution in [0, 0.1) is 0 Å². The van der Waals surface area contributed by atoms with Crippen LogP contribution in [-0.4, -0.2) is 11.4 Å². The first kappa shape index (κ1) is 15.3. The molecule has 2 heteroatoms. The Hall–Kier alpha value is -2.61. The molecule has 0 spiro atoms. The van der Waals surface area contributed by atoms with Crippen molar-refractivity contribution in [1.29, 1.82) is 0 Å². The quantitative estimate of drug-likeness (QED) is 0.796. The summed E-state index contributed by atoms with van der Waals surface area (Å²) in [5.74, 6) is 0.255. The fraction of sp³-hybridized carbons (Fsp3) is 0.190. The van der Waals surface area contributed by atoms with Crippen LogP contribution in [0.4, 0.5) is 0 Å². The normalized spacial score (nSPS) is 13.7. The lowest BCUT2D eigenvalue weighted by Gasteiger charge is -2.14. The van der Waals surface area contributed by atoms with Crippen LogP contribution in [0.5, 0.6) is 5.75 Å². The van der Waals surface area contributed by atoms with Crippen molar-refractivity contribution in [1.82, 2.24) is 0 Å². The minimum Gasteiger partial charge on any atom is -0.508 e. The van der Waals surface area contributed by atoms with Gasteiger partial charge in [0.2, 0.25) is 0 Å². The maximum Gasteiger partial charge on any atom is 0.120 e. The minimum atomic E-state index is 0.255. The molecule has 0 amide bonds. The van der Waals surface area contributed by atoms with Gasteiger partial charge in [-0.1, -0.05) is 48.6 Å². The van der Waals surface area contributed by atoms with Crippen LogP contribution in [-0.2, 0) is 11.2 Å². The van der Waals surface area contributed by atoms with E-state index >= 15 is 0 Å². The van der Waals surface area contributed by atoms with E-state index in [1.54, 1.807) is 12.1 Å². The van der Waals surface area contributed by atoms with Gasteiger partial charge in [-0.3, -0.25) is 0 Å². The summed E-state index contributed by atoms with van der Waals surface area (Å²) in [7, 11) is 0. The lowest BCUT2D eigenvalue weighted by atomic mass is 9.91. The third kappa shape index (κ3) is 3.59. The topological polar surface area (TPSA) is 37.3 Å². The molecule has 0 saturated heterocycles. The number of rotatable bonds is 5. The average Bonchev–Trinajstić information content (AvgIpc) is 2.60. The van der Waals surface area contributed by atoms with Crippen molar-refractivity contribution in [2.45, 2.75) is 25.7 Å². The number of benzene rings is 2. The van der Waals surface area contributed by atoms with Gasteiger partial charge < -0.3 is 9.90 Å². The third-order valence-electron chi connectivity index (χ3n) is 4.12. The highest BCUT2D eigenvalue weighted by atomic mass is 16.3. The van der Waals surface area contributed by atoms with E-state index in [9.17, 15) is 9.90 Å². The molecule has 0 saturated carbocycles. The number of hydrogen-bond donors (Lipinski definition) is 1. The summed E-state index contributed by atoms with van der Waals surface area (Å²) in [6, 6.07) is 13.6. The number of allylic oxidation sites excluding steroid dienone is 4. The number of carbonyl (C=O) groups excluding carboxylic acids is 1. The summed E-state index contributed by atoms with van der Waals surface area (Å²) in [5.41, 5.74) is 5.62. The maximum atomic E-state index is 10.8. The highest BCUT2D eigenvalue weighted by Crippen LogP contribution is 2.31. The van der Waals surface area contributed by atoms with Crippen molar-refractivity contribution in [3.8, 4) is 16.9 Å². The minimum absolute atomic E-state index is 0.255. The van der Waals surface area contributed by atoms with Crippen LogP contribution in [0.1, 0.15) is 30.4 Å². The van der Waals surface area contributed by atoms with Gasteiger partial charge in [-0.25, -0.2) is 0 Å². The molecule has 0 fully saturated rings. The molecule has 0 bridgehead atoms. The van der Waals surface area contributed by atoms with Crippen LogP contribution in [0.25, 0.3) is 16.7 Å². The fourth-order valence-corrected chi connectivity index (χ4v) is 2.98. The molecular weight excluding hydrogens is 284 g/mol. The van der Waals surface area contributed by atoms with Crippen LogP contribution < -0.4 is 0 Å². The Labute approximate surface area is 136 Å². The van der Waals surface area contributed by atoms with Gasteiger partial charge in [0, 0.05) is 6.42 Å². The molecule has 0 atom stereocenters. The Morgan fingerprint density at radius 2 is 1.96 bits per heavy atom. The van der Waals surface area contributed by atoms with Crippen molar-refractivity contribution in [3.63, 3.8) is 0 Å². The third-order valence-corrected chi connectivity index (χ3v) is 4.12. The first-order valence-corrected chi connectivity index (χ1v) is 8.01. The van der Waals surface area contributed by atoms with Gasteiger partial charge in [-0.15, -0.1) is 0 Å². The molecule has 2 aromatic carbocycles. The van der Waals surface area contributed by atoms with Crippen molar-refractivity contribution in [2.24, 2.45) is 0 Å². The summed E-state index contributed by atoms with van der Waals surface area (Å²) < 4.78 is 0. The van der Waals surface area contributed by atoms with Crippen molar-refractivity contribution in [3.05, 3.63) is 71.8 Å². The number of hydrogen-bond acceptors (Lipinski definition) is 2. The zero-order valence-corrected chi connectivity index (χ0v) is 13.0. The van der Waals surface area contributed by atoms with Gasteiger partial charge in [0.05, 0.1) is 0 Å². The van der Waals surface area contributed by atoms with Gasteiger partial charge in [0.15, 0.2) is 0 Å². The first-order chi connectivity index (χ1) is 11.3. The van der Waals surface area contributed by atoms with Crippen LogP contribution >= 0.6 is 0 Å². The lowest BCUT2D eigenvalue weighted by molar-refractivity contribution is -0.107. The number of aldehydes is 1. The highest BCUT2D eigenvalue weighted by molar-refractivity contribution is 5.78. The van der Waals surface area contributed by atoms with Crippen LogP contribution in [0.3, 0.4) is 0 Å². The summed E-state index contributed by atoms with van der Waals surface area (Å²) in [6.45, 7) is 0. The number of phenolic OH excluding ortho intramolecular Hbond substituents is 1. The fourth-order valence-electron chi connectivity index (χ4n) is 2.98. The largest absolute Gasteiger partial charge is 0.508 e. The predicted molar refractivity (Wildman–Crippen MR) is 94.3 cm³/mol. The molecule has 1 aliphatic rings. The molecule has 23 heavy (non-hydrogen) atoms. The molecule has 0 aliphatic heterocycles. The summed E-state index contributed by atoms with van der Waals surface area (Å²) in [6.07, 6.45) is 11.0. The molecule has 2 aromatic rings. The molecule has 116 valence electrons. The standard InChI is InChI=1S/C21H20O2/c22-13-5-9-18-14-17(16-6-2-1-3-7-16)11-12-21(18)19-8-4-10-20(23)15-19/h2,4,6-8,10-15,23H,1,3,5,9H2. The second-order valence-electron chi connectivity index (χ2n) is 5.77. The second-order valence-corrected chi connectivity index (χ2v) is 5.77. The monoisotopic (exact) mass is 304 g/mol. The lowest BCUT2D eigenvalue weighted by Crippen LogP contribution is -1.95. The van der Waals surface area contributed by atoms with E-state index in [-0.39, 0.29) is 5.75 Å². The van der Waals surface area contributed by atoms with Gasteiger partial charge in [-0.05, 0) is 59.2 Å². The number of carbonyl (C=O) groups is 1. The smallest absolute Gasteiger partial charge is 0.120 e. The van der Waals surface area contributed by atoms with E-state index in [1.807, 2.05) is 12.1 Å². The summed E-state index contributed by atoms with van der Waals surface area (Å²) in [4.78, 5) is 10.8. The molecule has 1 aliphatic carbocycles. The predicted octanol–water partition coefficient (Wildman–Crippen LogP) is 4.92. The van der Waals surface area contributed by atoms with Gasteiger partial charge >= 0.3 is 0 Å². The van der Waals surface area contributed by atoms with E-state index in [4.69, 9.17) is 0 Å². The van der Waals surface area contributed by atoms with Crippen LogP contribution in [0.15, 0.2) is 60.7 Å². The first-order valence-electron chi connectivity index (χ1n) is 8.01. The number of phenols is 1. The Balaban J connectivity index is 2.03. The van der Waals surface area contributed by atoms with Gasteiger partial charge in [-0.2, -0.15) is 0 Å². The van der Waals surface area contributed by atoms with Gasteiger partial charge in [0.25, 0.3) is 0 Å². The molecule has 2 nitrogen and oxygen atoms in total. The summed E-state index contributed by atoms with van der Waals surface area (Å²) in [5, 5.41) is 9.73. The number of aromatic hydroxyl groups is 1. The van der Waals surface area contributed by atoms with E-state index < -0.39 is 0 Å². The molecule has 0 unspecified atom stereocenters. The van der Waals surface area contributed by atoms with E-state index in [1.165, 1.54) is 11.1 Å². The molecular formula is C21H20O2. The van der Waals surface area contributed by atoms with Crippen molar-refractivity contribution < 1.29 is 9.90 Å². The summed E-state index contributed by atoms with van der Waals surface area (Å²) >= 11 is 0. The second kappa shape index (κ2) is 7.10. The molecule has 1 N–H and O–H groups in total. The Morgan fingerprint density at radius 3 is 2.70 bits per heavy atom. The number of aryl methyl sites for hydroxylation is 1. The van der Waals surface area contributed by atoms with Crippen molar-refractivity contribution >= 4 is 11.9 Å². The van der Waals surface area contributed by atoms with E-state index in [0.29, 0.717) is 12.8 Å². The van der Waals surface area contributed by atoms with Crippen LogP contribution in [0.2, 0.25) is 0 Å². The molecule has 0 aromatic heterocycles.